The summed E-state index contributed by atoms with van der Waals surface area (Å²) in [5, 5.41) is 6.67. The summed E-state index contributed by atoms with van der Waals surface area (Å²) in [5.74, 6) is 0.511. The zero-order valence-corrected chi connectivity index (χ0v) is 14.8. The fourth-order valence-electron chi connectivity index (χ4n) is 2.29. The van der Waals surface area contributed by atoms with Crippen molar-refractivity contribution in [1.29, 1.82) is 0 Å². The molecule has 0 aliphatic heterocycles. The van der Waals surface area contributed by atoms with Crippen molar-refractivity contribution in [1.82, 2.24) is 4.90 Å². The summed E-state index contributed by atoms with van der Waals surface area (Å²) in [4.78, 5) is 12.9. The second-order valence-corrected chi connectivity index (χ2v) is 5.98. The number of amides is 1. The Morgan fingerprint density at radius 2 is 1.12 bits per heavy atom. The van der Waals surface area contributed by atoms with Crippen LogP contribution in [0, 0.1) is 0 Å². The van der Waals surface area contributed by atoms with Crippen molar-refractivity contribution in [2.24, 2.45) is 0 Å². The molecule has 5 nitrogen and oxygen atoms in total. The summed E-state index contributed by atoms with van der Waals surface area (Å²) in [7, 11) is 3.29. The Labute approximate surface area is 153 Å². The Morgan fingerprint density at radius 1 is 0.692 bits per heavy atom. The third kappa shape index (κ3) is 4.77. The molecule has 0 aliphatic rings. The molecule has 132 valence electrons. The Morgan fingerprint density at radius 3 is 1.58 bits per heavy atom. The van der Waals surface area contributed by atoms with Crippen LogP contribution in [-0.4, -0.2) is 25.1 Å². The van der Waals surface area contributed by atoms with Gasteiger partial charge in [-0.05, 0) is 60.7 Å². The highest BCUT2D eigenvalue weighted by Gasteiger charge is 2.06. The predicted octanol–water partition coefficient (Wildman–Crippen LogP) is 5.23. The first-order valence-corrected chi connectivity index (χ1v) is 8.28. The molecule has 0 unspecified atom stereocenters. The minimum Gasteiger partial charge on any atom is -0.410 e. The smallest absolute Gasteiger partial charge is 0.410 e. The Balaban J connectivity index is 1.59. The molecule has 0 spiro atoms. The van der Waals surface area contributed by atoms with E-state index in [1.807, 2.05) is 66.7 Å². The molecule has 3 rings (SSSR count). The van der Waals surface area contributed by atoms with Gasteiger partial charge in [-0.3, -0.25) is 0 Å². The molecule has 1 amide bonds. The van der Waals surface area contributed by atoms with Crippen molar-refractivity contribution in [2.75, 3.05) is 24.7 Å². The number of rotatable bonds is 5. The molecule has 2 N–H and O–H groups in total. The van der Waals surface area contributed by atoms with Crippen LogP contribution in [0.4, 0.5) is 27.5 Å². The van der Waals surface area contributed by atoms with Crippen molar-refractivity contribution in [3.05, 3.63) is 78.9 Å². The van der Waals surface area contributed by atoms with E-state index in [4.69, 9.17) is 4.74 Å². The summed E-state index contributed by atoms with van der Waals surface area (Å²) in [6.45, 7) is 0. The number of anilines is 4. The Hall–Kier alpha value is -3.47. The van der Waals surface area contributed by atoms with Crippen LogP contribution in [0.15, 0.2) is 78.9 Å². The highest BCUT2D eigenvalue weighted by molar-refractivity contribution is 5.71. The van der Waals surface area contributed by atoms with Gasteiger partial charge in [-0.2, -0.15) is 0 Å². The van der Waals surface area contributed by atoms with Crippen molar-refractivity contribution < 1.29 is 9.53 Å². The summed E-state index contributed by atoms with van der Waals surface area (Å²) in [6.07, 6.45) is -0.396. The van der Waals surface area contributed by atoms with Gasteiger partial charge in [0.05, 0.1) is 0 Å². The molecule has 0 heterocycles. The lowest BCUT2D eigenvalue weighted by molar-refractivity contribution is 0.172. The first kappa shape index (κ1) is 17.4. The molecule has 3 aromatic carbocycles. The van der Waals surface area contributed by atoms with E-state index in [1.165, 1.54) is 4.90 Å². The van der Waals surface area contributed by atoms with Crippen molar-refractivity contribution >= 4 is 28.8 Å². The van der Waals surface area contributed by atoms with E-state index in [2.05, 4.69) is 10.6 Å². The van der Waals surface area contributed by atoms with Gasteiger partial charge >= 0.3 is 6.09 Å². The van der Waals surface area contributed by atoms with Crippen LogP contribution in [0.3, 0.4) is 0 Å². The van der Waals surface area contributed by atoms with E-state index >= 15 is 0 Å². The number of benzene rings is 3. The number of carbonyl (C=O) groups excluding carboxylic acids is 1. The molecule has 0 aliphatic carbocycles. The van der Waals surface area contributed by atoms with Crippen LogP contribution in [0.5, 0.6) is 5.75 Å². The molecule has 26 heavy (non-hydrogen) atoms. The molecule has 0 radical (unpaired) electrons. The average Bonchev–Trinajstić information content (AvgIpc) is 2.66. The monoisotopic (exact) mass is 347 g/mol. The molecular formula is C21H21N3O2. The maximum absolute atomic E-state index is 11.5. The fourth-order valence-corrected chi connectivity index (χ4v) is 2.29. The van der Waals surface area contributed by atoms with Gasteiger partial charge < -0.3 is 20.3 Å². The van der Waals surface area contributed by atoms with Crippen LogP contribution >= 0.6 is 0 Å². The lowest BCUT2D eigenvalue weighted by Gasteiger charge is -2.12. The van der Waals surface area contributed by atoms with E-state index in [1.54, 1.807) is 26.2 Å². The summed E-state index contributed by atoms with van der Waals surface area (Å²) in [5.41, 5.74) is 3.96. The van der Waals surface area contributed by atoms with Gasteiger partial charge in [-0.25, -0.2) is 4.79 Å². The van der Waals surface area contributed by atoms with Gasteiger partial charge in [0.25, 0.3) is 0 Å². The number of hydrogen-bond acceptors (Lipinski definition) is 4. The Kier molecular flexibility index (Phi) is 5.39. The van der Waals surface area contributed by atoms with Gasteiger partial charge in [-0.1, -0.05) is 18.2 Å². The van der Waals surface area contributed by atoms with Gasteiger partial charge in [0.15, 0.2) is 0 Å². The summed E-state index contributed by atoms with van der Waals surface area (Å²) < 4.78 is 5.20. The number of para-hydroxylation sites is 1. The van der Waals surface area contributed by atoms with Crippen molar-refractivity contribution in [2.45, 2.75) is 0 Å². The molecular weight excluding hydrogens is 326 g/mol. The topological polar surface area (TPSA) is 53.6 Å². The number of nitrogens with zero attached hydrogens (tertiary/aromatic N) is 1. The van der Waals surface area contributed by atoms with E-state index in [-0.39, 0.29) is 0 Å². The van der Waals surface area contributed by atoms with Crippen LogP contribution < -0.4 is 15.4 Å². The van der Waals surface area contributed by atoms with Crippen molar-refractivity contribution in [3.63, 3.8) is 0 Å². The van der Waals surface area contributed by atoms with Gasteiger partial charge in [0, 0.05) is 36.8 Å². The quantitative estimate of drug-likeness (QED) is 0.663. The second-order valence-electron chi connectivity index (χ2n) is 5.98. The molecule has 0 atom stereocenters. The van der Waals surface area contributed by atoms with E-state index in [9.17, 15) is 4.79 Å². The first-order chi connectivity index (χ1) is 12.6. The Bertz CT molecular complexity index is 845. The summed E-state index contributed by atoms with van der Waals surface area (Å²) in [6, 6.07) is 25.3. The largest absolute Gasteiger partial charge is 0.414 e. The SMILES string of the molecule is CN(C)C(=O)Oc1ccc(Nc2ccc(Nc3ccccc3)cc2)cc1. The zero-order valence-electron chi connectivity index (χ0n) is 14.8. The van der Waals surface area contributed by atoms with Gasteiger partial charge in [-0.15, -0.1) is 0 Å². The van der Waals surface area contributed by atoms with Gasteiger partial charge in [0.1, 0.15) is 5.75 Å². The van der Waals surface area contributed by atoms with Crippen LogP contribution in [0.25, 0.3) is 0 Å². The molecule has 0 aromatic heterocycles. The average molecular weight is 347 g/mol. The predicted molar refractivity (Wildman–Crippen MR) is 106 cm³/mol. The normalized spacial score (nSPS) is 10.1. The lowest BCUT2D eigenvalue weighted by Crippen LogP contribution is -2.25. The number of ether oxygens (including phenoxy) is 1. The molecule has 0 saturated carbocycles. The zero-order chi connectivity index (χ0) is 18.4. The summed E-state index contributed by atoms with van der Waals surface area (Å²) >= 11 is 0. The van der Waals surface area contributed by atoms with Crippen LogP contribution in [0.1, 0.15) is 0 Å². The van der Waals surface area contributed by atoms with E-state index in [0.717, 1.165) is 22.7 Å². The third-order valence-electron chi connectivity index (χ3n) is 3.66. The van der Waals surface area contributed by atoms with Crippen molar-refractivity contribution in [3.8, 4) is 5.75 Å². The molecule has 0 fully saturated rings. The molecule has 3 aromatic rings. The second kappa shape index (κ2) is 8.07. The number of hydrogen-bond donors (Lipinski definition) is 2. The molecule has 0 saturated heterocycles. The maximum Gasteiger partial charge on any atom is 0.414 e. The fraction of sp³-hybridized carbons (Fsp3) is 0.0952. The lowest BCUT2D eigenvalue weighted by atomic mass is 10.2. The van der Waals surface area contributed by atoms with Crippen LogP contribution in [-0.2, 0) is 0 Å². The number of nitrogens with one attached hydrogen (secondary N) is 2. The first-order valence-electron chi connectivity index (χ1n) is 8.28. The van der Waals surface area contributed by atoms with E-state index < -0.39 is 6.09 Å². The minimum absolute atomic E-state index is 0.396. The highest BCUT2D eigenvalue weighted by Crippen LogP contribution is 2.23. The maximum atomic E-state index is 11.5. The standard InChI is InChI=1S/C21H21N3O2/c1-24(2)21(25)26-20-14-12-19(13-15-20)23-18-10-8-17(9-11-18)22-16-6-4-3-5-7-16/h3-15,22-23H,1-2H3. The van der Waals surface area contributed by atoms with E-state index in [0.29, 0.717) is 5.75 Å². The van der Waals surface area contributed by atoms with Gasteiger partial charge in [0.2, 0.25) is 0 Å². The highest BCUT2D eigenvalue weighted by atomic mass is 16.6. The molecule has 5 heteroatoms. The molecule has 0 bridgehead atoms. The third-order valence-corrected chi connectivity index (χ3v) is 3.66. The minimum atomic E-state index is -0.396. The number of carbonyl (C=O) groups is 1. The van der Waals surface area contributed by atoms with Crippen LogP contribution in [0.2, 0.25) is 0 Å².